The fraction of sp³-hybridized carbons (Fsp3) is 0.526. The summed E-state index contributed by atoms with van der Waals surface area (Å²) in [5.41, 5.74) is 1.68. The standard InChI is InChI=1S/C19H25N3O2/c1-14-19(24)22(17-12-8-7-11-16(17)20-14)13-18(23)21-15-9-5-3-2-4-6-10-15/h7-8,11-12,15H,2-6,9-10,13H2,1H3,(H,21,23). The summed E-state index contributed by atoms with van der Waals surface area (Å²) in [5, 5.41) is 3.13. The fourth-order valence-corrected chi connectivity index (χ4v) is 3.49. The summed E-state index contributed by atoms with van der Waals surface area (Å²) in [7, 11) is 0. The van der Waals surface area contributed by atoms with E-state index in [1.54, 1.807) is 6.92 Å². The van der Waals surface area contributed by atoms with Crippen molar-refractivity contribution in [2.45, 2.75) is 64.5 Å². The van der Waals surface area contributed by atoms with E-state index in [1.165, 1.54) is 36.7 Å². The Balaban J connectivity index is 1.77. The first-order chi connectivity index (χ1) is 11.6. The number of fused-ring (bicyclic) bond motifs is 1. The topological polar surface area (TPSA) is 64.0 Å². The molecule has 0 radical (unpaired) electrons. The maximum Gasteiger partial charge on any atom is 0.272 e. The number of nitrogens with one attached hydrogen (secondary N) is 1. The van der Waals surface area contributed by atoms with Crippen LogP contribution in [-0.2, 0) is 11.3 Å². The van der Waals surface area contributed by atoms with Gasteiger partial charge in [0.1, 0.15) is 12.2 Å². The number of rotatable bonds is 3. The maximum atomic E-state index is 12.5. The molecular formula is C19H25N3O2. The van der Waals surface area contributed by atoms with Gasteiger partial charge in [-0.25, -0.2) is 4.98 Å². The van der Waals surface area contributed by atoms with E-state index in [9.17, 15) is 9.59 Å². The highest BCUT2D eigenvalue weighted by molar-refractivity contribution is 5.80. The van der Waals surface area contributed by atoms with Gasteiger partial charge in [-0.1, -0.05) is 44.2 Å². The van der Waals surface area contributed by atoms with Gasteiger partial charge in [-0.2, -0.15) is 0 Å². The van der Waals surface area contributed by atoms with E-state index in [2.05, 4.69) is 10.3 Å². The van der Waals surface area contributed by atoms with Crippen LogP contribution in [0.2, 0.25) is 0 Å². The third-order valence-corrected chi connectivity index (χ3v) is 4.79. The minimum Gasteiger partial charge on any atom is -0.352 e. The highest BCUT2D eigenvalue weighted by Crippen LogP contribution is 2.17. The van der Waals surface area contributed by atoms with Crippen LogP contribution in [0.1, 0.15) is 50.6 Å². The lowest BCUT2D eigenvalue weighted by molar-refractivity contribution is -0.122. The monoisotopic (exact) mass is 327 g/mol. The van der Waals surface area contributed by atoms with Crippen LogP contribution >= 0.6 is 0 Å². The zero-order chi connectivity index (χ0) is 16.9. The third kappa shape index (κ3) is 3.83. The van der Waals surface area contributed by atoms with Crippen molar-refractivity contribution in [2.75, 3.05) is 0 Å². The molecule has 0 bridgehead atoms. The summed E-state index contributed by atoms with van der Waals surface area (Å²) in [6.45, 7) is 1.75. The van der Waals surface area contributed by atoms with Crippen molar-refractivity contribution in [1.82, 2.24) is 14.9 Å². The average Bonchev–Trinajstić information content (AvgIpc) is 2.54. The number of aromatic nitrogens is 2. The second-order valence-electron chi connectivity index (χ2n) is 6.69. The Labute approximate surface area is 142 Å². The summed E-state index contributed by atoms with van der Waals surface area (Å²) in [6.07, 6.45) is 8.22. The first-order valence-electron chi connectivity index (χ1n) is 8.90. The number of carbonyl (C=O) groups is 1. The van der Waals surface area contributed by atoms with E-state index in [0.717, 1.165) is 18.4 Å². The van der Waals surface area contributed by atoms with Gasteiger partial charge in [0.2, 0.25) is 5.91 Å². The van der Waals surface area contributed by atoms with Crippen LogP contribution in [0.25, 0.3) is 11.0 Å². The van der Waals surface area contributed by atoms with Crippen LogP contribution in [0.15, 0.2) is 29.1 Å². The van der Waals surface area contributed by atoms with Crippen molar-refractivity contribution in [3.05, 3.63) is 40.3 Å². The molecule has 1 aliphatic rings. The van der Waals surface area contributed by atoms with Crippen molar-refractivity contribution >= 4 is 16.9 Å². The molecule has 0 aliphatic heterocycles. The second-order valence-corrected chi connectivity index (χ2v) is 6.69. The molecule has 0 atom stereocenters. The highest BCUT2D eigenvalue weighted by atomic mass is 16.2. The lowest BCUT2D eigenvalue weighted by atomic mass is 9.97. The zero-order valence-corrected chi connectivity index (χ0v) is 14.3. The van der Waals surface area contributed by atoms with Crippen molar-refractivity contribution < 1.29 is 4.79 Å². The molecule has 1 fully saturated rings. The molecule has 3 rings (SSSR count). The Hall–Kier alpha value is -2.17. The van der Waals surface area contributed by atoms with E-state index < -0.39 is 0 Å². The predicted octanol–water partition coefficient (Wildman–Crippen LogP) is 2.93. The predicted molar refractivity (Wildman–Crippen MR) is 95.0 cm³/mol. The van der Waals surface area contributed by atoms with Crippen molar-refractivity contribution in [3.63, 3.8) is 0 Å². The molecule has 1 saturated carbocycles. The number of hydrogen-bond acceptors (Lipinski definition) is 3. The summed E-state index contributed by atoms with van der Waals surface area (Å²) in [5.74, 6) is -0.0848. The molecule has 5 nitrogen and oxygen atoms in total. The Morgan fingerprint density at radius 1 is 1.17 bits per heavy atom. The molecular weight excluding hydrogens is 302 g/mol. The number of nitrogens with zero attached hydrogens (tertiary/aromatic N) is 2. The molecule has 2 aromatic rings. The molecule has 1 aliphatic carbocycles. The zero-order valence-electron chi connectivity index (χ0n) is 14.3. The molecule has 128 valence electrons. The van der Waals surface area contributed by atoms with E-state index in [4.69, 9.17) is 0 Å². The third-order valence-electron chi connectivity index (χ3n) is 4.79. The van der Waals surface area contributed by atoms with E-state index >= 15 is 0 Å². The average molecular weight is 327 g/mol. The number of aryl methyl sites for hydroxylation is 1. The Kier molecular flexibility index (Phi) is 5.28. The largest absolute Gasteiger partial charge is 0.352 e. The van der Waals surface area contributed by atoms with Crippen LogP contribution in [0.5, 0.6) is 0 Å². The molecule has 1 heterocycles. The molecule has 0 spiro atoms. The maximum absolute atomic E-state index is 12.5. The molecule has 0 unspecified atom stereocenters. The van der Waals surface area contributed by atoms with Gasteiger partial charge in [-0.15, -0.1) is 0 Å². The SMILES string of the molecule is Cc1nc2ccccc2n(CC(=O)NC2CCCCCCC2)c1=O. The van der Waals surface area contributed by atoms with Gasteiger partial charge in [0.05, 0.1) is 11.0 Å². The van der Waals surface area contributed by atoms with Gasteiger partial charge in [-0.3, -0.25) is 14.2 Å². The molecule has 24 heavy (non-hydrogen) atoms. The van der Waals surface area contributed by atoms with Crippen LogP contribution < -0.4 is 10.9 Å². The highest BCUT2D eigenvalue weighted by Gasteiger charge is 2.16. The lowest BCUT2D eigenvalue weighted by Gasteiger charge is -2.21. The first kappa shape index (κ1) is 16.7. The number of benzene rings is 1. The first-order valence-corrected chi connectivity index (χ1v) is 8.90. The van der Waals surface area contributed by atoms with Gasteiger partial charge in [0.15, 0.2) is 0 Å². The fourth-order valence-electron chi connectivity index (χ4n) is 3.49. The van der Waals surface area contributed by atoms with Crippen LogP contribution in [-0.4, -0.2) is 21.5 Å². The van der Waals surface area contributed by atoms with Crippen molar-refractivity contribution in [3.8, 4) is 0 Å². The number of para-hydroxylation sites is 2. The smallest absolute Gasteiger partial charge is 0.272 e. The van der Waals surface area contributed by atoms with E-state index in [1.807, 2.05) is 24.3 Å². The minimum atomic E-state index is -0.193. The Bertz CT molecular complexity index is 774. The van der Waals surface area contributed by atoms with Crippen molar-refractivity contribution in [2.24, 2.45) is 0 Å². The number of carbonyl (C=O) groups excluding carboxylic acids is 1. The normalized spacial score (nSPS) is 16.5. The van der Waals surface area contributed by atoms with Crippen LogP contribution in [0, 0.1) is 6.92 Å². The molecule has 1 N–H and O–H groups in total. The molecule has 5 heteroatoms. The summed E-state index contributed by atoms with van der Waals surface area (Å²) in [6, 6.07) is 7.69. The van der Waals surface area contributed by atoms with Crippen LogP contribution in [0.3, 0.4) is 0 Å². The quantitative estimate of drug-likeness (QED) is 0.943. The molecule has 0 saturated heterocycles. The summed E-state index contributed by atoms with van der Waals surface area (Å²) >= 11 is 0. The van der Waals surface area contributed by atoms with E-state index in [-0.39, 0.29) is 24.1 Å². The lowest BCUT2D eigenvalue weighted by Crippen LogP contribution is -2.39. The van der Waals surface area contributed by atoms with Gasteiger partial charge in [0, 0.05) is 6.04 Å². The van der Waals surface area contributed by atoms with Crippen molar-refractivity contribution in [1.29, 1.82) is 0 Å². The van der Waals surface area contributed by atoms with Gasteiger partial charge in [0.25, 0.3) is 5.56 Å². The number of amides is 1. The molecule has 1 amide bonds. The summed E-state index contributed by atoms with van der Waals surface area (Å²) in [4.78, 5) is 29.2. The Morgan fingerprint density at radius 3 is 2.58 bits per heavy atom. The minimum absolute atomic E-state index is 0.0548. The van der Waals surface area contributed by atoms with Crippen LogP contribution in [0.4, 0.5) is 0 Å². The molecule has 1 aromatic carbocycles. The summed E-state index contributed by atoms with van der Waals surface area (Å²) < 4.78 is 1.54. The van der Waals surface area contributed by atoms with Gasteiger partial charge < -0.3 is 5.32 Å². The van der Waals surface area contributed by atoms with Gasteiger partial charge >= 0.3 is 0 Å². The second kappa shape index (κ2) is 7.60. The van der Waals surface area contributed by atoms with E-state index in [0.29, 0.717) is 11.2 Å². The van der Waals surface area contributed by atoms with Gasteiger partial charge in [-0.05, 0) is 31.9 Å². The Morgan fingerprint density at radius 2 is 1.83 bits per heavy atom. The molecule has 1 aromatic heterocycles. The number of hydrogen-bond donors (Lipinski definition) is 1.